The average Bonchev–Trinajstić information content (AvgIpc) is 2.10. The lowest BCUT2D eigenvalue weighted by atomic mass is 10.8. The van der Waals surface area contributed by atoms with E-state index in [0.29, 0.717) is 6.61 Å². The first-order valence-electron chi connectivity index (χ1n) is 3.61. The molecule has 0 spiro atoms. The minimum atomic E-state index is -0.863. The van der Waals surface area contributed by atoms with Gasteiger partial charge in [-0.25, -0.2) is 19.9 Å². The van der Waals surface area contributed by atoms with E-state index >= 15 is 0 Å². The van der Waals surface area contributed by atoms with Crippen molar-refractivity contribution >= 4 is 0 Å². The van der Waals surface area contributed by atoms with Crippen LogP contribution in [0.1, 0.15) is 20.8 Å². The molecule has 0 aromatic heterocycles. The van der Waals surface area contributed by atoms with E-state index < -0.39 is 12.6 Å². The van der Waals surface area contributed by atoms with E-state index in [1.54, 1.807) is 13.8 Å². The van der Waals surface area contributed by atoms with Crippen LogP contribution in [0.4, 0.5) is 0 Å². The average molecular weight is 182 g/mol. The molecule has 0 saturated heterocycles. The van der Waals surface area contributed by atoms with Crippen LogP contribution in [0.2, 0.25) is 0 Å². The monoisotopic (exact) mass is 182 g/mol. The molecule has 6 nitrogen and oxygen atoms in total. The van der Waals surface area contributed by atoms with Gasteiger partial charge in [-0.15, -0.1) is 0 Å². The van der Waals surface area contributed by atoms with Gasteiger partial charge in [-0.1, -0.05) is 0 Å². The minimum absolute atomic E-state index is 0.416. The van der Waals surface area contributed by atoms with Crippen molar-refractivity contribution in [3.8, 4) is 0 Å². The number of hydrogen-bond donors (Lipinski definition) is 1. The van der Waals surface area contributed by atoms with Gasteiger partial charge in [0.05, 0.1) is 6.61 Å². The maximum atomic E-state index is 8.05. The number of rotatable bonds is 7. The topological polar surface area (TPSA) is 66.4 Å². The first-order valence-corrected chi connectivity index (χ1v) is 3.61. The summed E-state index contributed by atoms with van der Waals surface area (Å²) in [4.78, 5) is 22.0. The molecule has 0 aliphatic heterocycles. The maximum absolute atomic E-state index is 8.05. The van der Waals surface area contributed by atoms with Crippen LogP contribution in [-0.2, 0) is 24.4 Å². The van der Waals surface area contributed by atoms with Crippen LogP contribution >= 0.6 is 0 Å². The van der Waals surface area contributed by atoms with Crippen molar-refractivity contribution in [2.45, 2.75) is 33.4 Å². The third-order valence-corrected chi connectivity index (χ3v) is 0.796. The fourth-order valence-corrected chi connectivity index (χ4v) is 0.354. The zero-order valence-corrected chi connectivity index (χ0v) is 7.35. The van der Waals surface area contributed by atoms with Gasteiger partial charge in [0.2, 0.25) is 12.6 Å². The van der Waals surface area contributed by atoms with E-state index in [-0.39, 0.29) is 0 Å². The molecular weight excluding hydrogens is 168 g/mol. The second-order valence-electron chi connectivity index (χ2n) is 1.94. The quantitative estimate of drug-likeness (QED) is 0.361. The predicted octanol–water partition coefficient (Wildman–Crippen LogP) is 1.08. The van der Waals surface area contributed by atoms with Crippen molar-refractivity contribution in [2.75, 3.05) is 6.61 Å². The van der Waals surface area contributed by atoms with Gasteiger partial charge in [-0.05, 0) is 20.8 Å². The Kier molecular flexibility index (Phi) is 7.26. The van der Waals surface area contributed by atoms with Gasteiger partial charge < -0.3 is 0 Å². The van der Waals surface area contributed by atoms with Gasteiger partial charge in [-0.3, -0.25) is 0 Å². The fraction of sp³-hybridized carbons (Fsp3) is 1.00. The van der Waals surface area contributed by atoms with Crippen molar-refractivity contribution in [3.05, 3.63) is 0 Å². The molecule has 0 amide bonds. The SMILES string of the molecule is CCOOC(C)OOC(C)OO. The van der Waals surface area contributed by atoms with Gasteiger partial charge in [0, 0.05) is 0 Å². The van der Waals surface area contributed by atoms with Gasteiger partial charge in [0.15, 0.2) is 0 Å². The molecule has 0 fully saturated rings. The van der Waals surface area contributed by atoms with E-state index in [0.717, 1.165) is 0 Å². The molecule has 0 heterocycles. The van der Waals surface area contributed by atoms with Crippen molar-refractivity contribution in [1.82, 2.24) is 0 Å². The summed E-state index contributed by atoms with van der Waals surface area (Å²) in [5, 5.41) is 8.05. The normalized spacial score (nSPS) is 16.0. The highest BCUT2D eigenvalue weighted by molar-refractivity contribution is 4.19. The smallest absolute Gasteiger partial charge is 0.221 e. The Labute approximate surface area is 70.7 Å². The van der Waals surface area contributed by atoms with Crippen LogP contribution in [0.15, 0.2) is 0 Å². The molecule has 0 radical (unpaired) electrons. The van der Waals surface area contributed by atoms with Crippen LogP contribution in [0.25, 0.3) is 0 Å². The second-order valence-corrected chi connectivity index (χ2v) is 1.94. The van der Waals surface area contributed by atoms with Crippen molar-refractivity contribution in [1.29, 1.82) is 0 Å². The van der Waals surface area contributed by atoms with E-state index in [2.05, 4.69) is 24.4 Å². The third-order valence-electron chi connectivity index (χ3n) is 0.796. The third kappa shape index (κ3) is 6.47. The zero-order valence-electron chi connectivity index (χ0n) is 7.35. The summed E-state index contributed by atoms with van der Waals surface area (Å²) in [5.74, 6) is 0. The van der Waals surface area contributed by atoms with Crippen molar-refractivity contribution < 1.29 is 29.7 Å². The van der Waals surface area contributed by atoms with Crippen LogP contribution < -0.4 is 0 Å². The van der Waals surface area contributed by atoms with E-state index in [1.165, 1.54) is 6.92 Å². The molecule has 0 bridgehead atoms. The maximum Gasteiger partial charge on any atom is 0.221 e. The summed E-state index contributed by atoms with van der Waals surface area (Å²) >= 11 is 0. The molecule has 74 valence electrons. The second kappa shape index (κ2) is 7.41. The Morgan fingerprint density at radius 1 is 1.08 bits per heavy atom. The van der Waals surface area contributed by atoms with Crippen LogP contribution in [0.5, 0.6) is 0 Å². The van der Waals surface area contributed by atoms with Gasteiger partial charge in [0.25, 0.3) is 0 Å². The molecule has 0 aromatic rings. The Morgan fingerprint density at radius 3 is 2.17 bits per heavy atom. The van der Waals surface area contributed by atoms with Crippen molar-refractivity contribution in [2.24, 2.45) is 0 Å². The van der Waals surface area contributed by atoms with E-state index in [9.17, 15) is 0 Å². The van der Waals surface area contributed by atoms with Gasteiger partial charge in [-0.2, -0.15) is 9.78 Å². The molecule has 0 aliphatic rings. The van der Waals surface area contributed by atoms with Gasteiger partial charge in [0.1, 0.15) is 0 Å². The molecule has 2 unspecified atom stereocenters. The van der Waals surface area contributed by atoms with E-state index in [4.69, 9.17) is 5.26 Å². The molecule has 0 rings (SSSR count). The van der Waals surface area contributed by atoms with Crippen molar-refractivity contribution in [3.63, 3.8) is 0 Å². The first-order chi connectivity index (χ1) is 5.70. The zero-order chi connectivity index (χ0) is 9.40. The largest absolute Gasteiger partial charge is 0.249 e. The molecule has 0 aromatic carbocycles. The Balaban J connectivity index is 3.24. The fourth-order valence-electron chi connectivity index (χ4n) is 0.354. The highest BCUT2D eigenvalue weighted by Crippen LogP contribution is 1.99. The highest BCUT2D eigenvalue weighted by Gasteiger charge is 2.07. The molecule has 6 heteroatoms. The lowest BCUT2D eigenvalue weighted by molar-refractivity contribution is -0.508. The number of hydrogen-bond acceptors (Lipinski definition) is 6. The summed E-state index contributed by atoms with van der Waals surface area (Å²) in [6.07, 6.45) is -1.54. The van der Waals surface area contributed by atoms with Crippen LogP contribution in [0.3, 0.4) is 0 Å². The summed E-state index contributed by atoms with van der Waals surface area (Å²) in [6, 6.07) is 0. The van der Waals surface area contributed by atoms with Crippen LogP contribution in [-0.4, -0.2) is 24.4 Å². The van der Waals surface area contributed by atoms with E-state index in [1.807, 2.05) is 0 Å². The Hall–Kier alpha value is -0.240. The molecular formula is C6H14O6. The highest BCUT2D eigenvalue weighted by atomic mass is 17.3. The Morgan fingerprint density at radius 2 is 1.67 bits per heavy atom. The lowest BCUT2D eigenvalue weighted by Gasteiger charge is -2.12. The molecule has 0 saturated carbocycles. The van der Waals surface area contributed by atoms with Gasteiger partial charge >= 0.3 is 0 Å². The predicted molar refractivity (Wildman–Crippen MR) is 37.5 cm³/mol. The molecule has 1 N–H and O–H groups in total. The minimum Gasteiger partial charge on any atom is -0.249 e. The Bertz CT molecular complexity index is 98.0. The molecule has 12 heavy (non-hydrogen) atoms. The molecule has 2 atom stereocenters. The summed E-state index contributed by atoms with van der Waals surface area (Å²) in [7, 11) is 0. The lowest BCUT2D eigenvalue weighted by Crippen LogP contribution is -2.19. The van der Waals surface area contributed by atoms with Crippen LogP contribution in [0, 0.1) is 0 Å². The summed E-state index contributed by atoms with van der Waals surface area (Å²) in [5.41, 5.74) is 0. The summed E-state index contributed by atoms with van der Waals surface area (Å²) < 4.78 is 0. The molecule has 0 aliphatic carbocycles. The standard InChI is InChI=1S/C6H14O6/c1-4-8-10-6(3)12-11-5(2)9-7/h5-7H,4H2,1-3H3. The summed E-state index contributed by atoms with van der Waals surface area (Å²) in [6.45, 7) is 5.21. The first kappa shape index (κ1) is 11.8.